The zero-order valence-electron chi connectivity index (χ0n) is 18.5. The number of halogens is 1. The summed E-state index contributed by atoms with van der Waals surface area (Å²) in [6.45, 7) is 1.89. The molecular weight excluding hydrogens is 457 g/mol. The summed E-state index contributed by atoms with van der Waals surface area (Å²) in [5.74, 6) is 1.16. The molecule has 7 nitrogen and oxygen atoms in total. The zero-order valence-corrected chi connectivity index (χ0v) is 19.3. The van der Waals surface area contributed by atoms with Gasteiger partial charge in [-0.25, -0.2) is 9.37 Å². The van der Waals surface area contributed by atoms with Crippen molar-refractivity contribution in [2.45, 2.75) is 31.7 Å². The number of hydrogen-bond acceptors (Lipinski definition) is 6. The van der Waals surface area contributed by atoms with E-state index < -0.39 is 0 Å². The predicted molar refractivity (Wildman–Crippen MR) is 125 cm³/mol. The Hall–Kier alpha value is -3.46. The third-order valence-corrected chi connectivity index (χ3v) is 7.12. The van der Waals surface area contributed by atoms with E-state index in [9.17, 15) is 14.0 Å². The van der Waals surface area contributed by atoms with Crippen LogP contribution in [0.1, 0.15) is 45.4 Å². The van der Waals surface area contributed by atoms with Crippen molar-refractivity contribution in [1.29, 1.82) is 0 Å². The van der Waals surface area contributed by atoms with Crippen molar-refractivity contribution in [3.8, 4) is 11.5 Å². The number of amides is 2. The number of carbonyl (C=O) groups is 2. The quantitative estimate of drug-likeness (QED) is 0.578. The van der Waals surface area contributed by atoms with Crippen LogP contribution in [-0.4, -0.2) is 41.6 Å². The van der Waals surface area contributed by atoms with Crippen LogP contribution in [0.2, 0.25) is 0 Å². The number of piperidine rings is 1. The van der Waals surface area contributed by atoms with Gasteiger partial charge in [0.15, 0.2) is 11.5 Å². The van der Waals surface area contributed by atoms with Gasteiger partial charge < -0.3 is 19.7 Å². The Morgan fingerprint density at radius 2 is 1.79 bits per heavy atom. The van der Waals surface area contributed by atoms with Gasteiger partial charge in [-0.3, -0.25) is 9.59 Å². The van der Waals surface area contributed by atoms with E-state index in [1.807, 2.05) is 23.1 Å². The van der Waals surface area contributed by atoms with Gasteiger partial charge in [-0.2, -0.15) is 0 Å². The molecule has 1 aromatic heterocycles. The Balaban J connectivity index is 1.11. The van der Waals surface area contributed by atoms with Crippen molar-refractivity contribution in [1.82, 2.24) is 15.2 Å². The Labute approximate surface area is 200 Å². The molecule has 2 aliphatic heterocycles. The van der Waals surface area contributed by atoms with Crippen LogP contribution in [-0.2, 0) is 17.8 Å². The van der Waals surface area contributed by atoms with Gasteiger partial charge in [0, 0.05) is 30.9 Å². The lowest BCUT2D eigenvalue weighted by molar-refractivity contribution is -0.131. The maximum Gasteiger partial charge on any atom is 0.271 e. The van der Waals surface area contributed by atoms with Crippen molar-refractivity contribution in [3.63, 3.8) is 0 Å². The summed E-state index contributed by atoms with van der Waals surface area (Å²) in [7, 11) is 0. The Morgan fingerprint density at radius 3 is 2.59 bits per heavy atom. The maximum absolute atomic E-state index is 13.1. The molecule has 0 saturated carbocycles. The molecule has 3 aromatic rings. The molecule has 34 heavy (non-hydrogen) atoms. The summed E-state index contributed by atoms with van der Waals surface area (Å²) >= 11 is 1.49. The van der Waals surface area contributed by atoms with Crippen LogP contribution in [0.15, 0.2) is 47.8 Å². The van der Waals surface area contributed by atoms with Gasteiger partial charge in [0.2, 0.25) is 12.7 Å². The first-order valence-electron chi connectivity index (χ1n) is 11.2. The number of benzene rings is 2. The second kappa shape index (κ2) is 9.80. The fourth-order valence-electron chi connectivity index (χ4n) is 4.17. The molecule has 3 heterocycles. The number of ether oxygens (including phenoxy) is 2. The molecule has 0 radical (unpaired) electrons. The number of nitrogens with one attached hydrogen (secondary N) is 1. The van der Waals surface area contributed by atoms with Crippen LogP contribution in [0.4, 0.5) is 4.39 Å². The fourth-order valence-corrected chi connectivity index (χ4v) is 5.14. The lowest BCUT2D eigenvalue weighted by atomic mass is 9.97. The van der Waals surface area contributed by atoms with Crippen molar-refractivity contribution >= 4 is 23.2 Å². The molecule has 0 spiro atoms. The highest BCUT2D eigenvalue weighted by atomic mass is 32.1. The van der Waals surface area contributed by atoms with E-state index in [4.69, 9.17) is 9.47 Å². The smallest absolute Gasteiger partial charge is 0.271 e. The summed E-state index contributed by atoms with van der Waals surface area (Å²) in [5, 5.41) is 5.62. The first kappa shape index (κ1) is 22.3. The molecule has 0 bridgehead atoms. The highest BCUT2D eigenvalue weighted by molar-refractivity contribution is 7.09. The number of nitrogens with zero attached hydrogens (tertiary/aromatic N) is 2. The lowest BCUT2D eigenvalue weighted by Crippen LogP contribution is -2.38. The molecule has 9 heteroatoms. The molecule has 2 aromatic carbocycles. The minimum atomic E-state index is -0.304. The summed E-state index contributed by atoms with van der Waals surface area (Å²) in [4.78, 5) is 31.6. The summed E-state index contributed by atoms with van der Waals surface area (Å²) in [6.07, 6.45) is 1.89. The van der Waals surface area contributed by atoms with E-state index in [-0.39, 0.29) is 36.8 Å². The number of aromatic nitrogens is 1. The van der Waals surface area contributed by atoms with Crippen molar-refractivity contribution in [2.75, 3.05) is 19.9 Å². The molecule has 0 unspecified atom stereocenters. The van der Waals surface area contributed by atoms with Crippen LogP contribution in [0.5, 0.6) is 11.5 Å². The van der Waals surface area contributed by atoms with Crippen LogP contribution < -0.4 is 14.8 Å². The number of hydrogen-bond donors (Lipinski definition) is 1. The molecule has 176 valence electrons. The molecule has 2 amide bonds. The third kappa shape index (κ3) is 5.04. The summed E-state index contributed by atoms with van der Waals surface area (Å²) in [6, 6.07) is 11.6. The number of thiazole rings is 1. The van der Waals surface area contributed by atoms with E-state index in [0.29, 0.717) is 36.8 Å². The van der Waals surface area contributed by atoms with Crippen LogP contribution in [0, 0.1) is 5.82 Å². The van der Waals surface area contributed by atoms with E-state index in [2.05, 4.69) is 10.3 Å². The van der Waals surface area contributed by atoms with Crippen molar-refractivity contribution in [3.05, 3.63) is 75.5 Å². The Kier molecular flexibility index (Phi) is 6.44. The second-order valence-corrected chi connectivity index (χ2v) is 9.29. The molecule has 0 atom stereocenters. The molecule has 5 rings (SSSR count). The SMILES string of the molecule is O=C(NCc1ccc2c(c1)OCO2)c1csc(C2CCN(C(=O)Cc3ccc(F)cc3)CC2)n1. The fraction of sp³-hybridized carbons (Fsp3) is 0.320. The second-order valence-electron chi connectivity index (χ2n) is 8.40. The van der Waals surface area contributed by atoms with Gasteiger partial charge in [-0.05, 0) is 48.2 Å². The van der Waals surface area contributed by atoms with Crippen LogP contribution in [0.25, 0.3) is 0 Å². The number of rotatable bonds is 6. The topological polar surface area (TPSA) is 80.8 Å². The van der Waals surface area contributed by atoms with E-state index >= 15 is 0 Å². The zero-order chi connectivity index (χ0) is 23.5. The van der Waals surface area contributed by atoms with Crippen LogP contribution >= 0.6 is 11.3 Å². The molecule has 1 saturated heterocycles. The van der Waals surface area contributed by atoms with Gasteiger partial charge in [0.05, 0.1) is 11.4 Å². The molecule has 1 N–H and O–H groups in total. The van der Waals surface area contributed by atoms with Crippen molar-refractivity contribution in [2.24, 2.45) is 0 Å². The lowest BCUT2D eigenvalue weighted by Gasteiger charge is -2.31. The molecule has 1 fully saturated rings. The Morgan fingerprint density at radius 1 is 1.06 bits per heavy atom. The van der Waals surface area contributed by atoms with Crippen molar-refractivity contribution < 1.29 is 23.5 Å². The van der Waals surface area contributed by atoms with Gasteiger partial charge in [0.1, 0.15) is 11.5 Å². The minimum Gasteiger partial charge on any atom is -0.454 e. The predicted octanol–water partition coefficient (Wildman–Crippen LogP) is 3.89. The van der Waals surface area contributed by atoms with Gasteiger partial charge in [-0.15, -0.1) is 11.3 Å². The average molecular weight is 482 g/mol. The first-order chi connectivity index (χ1) is 16.5. The average Bonchev–Trinajstić information content (AvgIpc) is 3.54. The standard InChI is InChI=1S/C25H24FN3O4S/c26-19-4-1-16(2-5-19)12-23(30)29-9-7-18(8-10-29)25-28-20(14-34-25)24(31)27-13-17-3-6-21-22(11-17)33-15-32-21/h1-6,11,14,18H,7-10,12-13,15H2,(H,27,31). The largest absolute Gasteiger partial charge is 0.454 e. The van der Waals surface area contributed by atoms with Gasteiger partial charge in [0.25, 0.3) is 5.91 Å². The molecule has 2 aliphatic rings. The number of likely N-dealkylation sites (tertiary alicyclic amines) is 1. The Bertz CT molecular complexity index is 1190. The number of fused-ring (bicyclic) bond motifs is 1. The number of carbonyl (C=O) groups excluding carboxylic acids is 2. The van der Waals surface area contributed by atoms with E-state index in [1.165, 1.54) is 23.5 Å². The summed E-state index contributed by atoms with van der Waals surface area (Å²) < 4.78 is 23.7. The minimum absolute atomic E-state index is 0.0489. The molecular formula is C25H24FN3O4S. The highest BCUT2D eigenvalue weighted by Crippen LogP contribution is 2.33. The van der Waals surface area contributed by atoms with E-state index in [0.717, 1.165) is 29.0 Å². The maximum atomic E-state index is 13.1. The monoisotopic (exact) mass is 481 g/mol. The molecule has 0 aliphatic carbocycles. The highest BCUT2D eigenvalue weighted by Gasteiger charge is 2.26. The summed E-state index contributed by atoms with van der Waals surface area (Å²) in [5.41, 5.74) is 2.14. The van der Waals surface area contributed by atoms with E-state index in [1.54, 1.807) is 17.5 Å². The van der Waals surface area contributed by atoms with Crippen LogP contribution in [0.3, 0.4) is 0 Å². The van der Waals surface area contributed by atoms with Gasteiger partial charge >= 0.3 is 0 Å². The third-order valence-electron chi connectivity index (χ3n) is 6.11. The van der Waals surface area contributed by atoms with Gasteiger partial charge in [-0.1, -0.05) is 18.2 Å². The normalized spacial score (nSPS) is 15.4. The first-order valence-corrected chi connectivity index (χ1v) is 12.1.